The molecule has 2 atom stereocenters. The number of carboxylic acid groups (broad SMARTS) is 2. The third-order valence-corrected chi connectivity index (χ3v) is 5.64. The number of aromatic nitrogens is 3. The van der Waals surface area contributed by atoms with Gasteiger partial charge in [-0.2, -0.15) is 5.10 Å². The molecule has 1 saturated carbocycles. The Kier molecular flexibility index (Phi) is 14.7. The predicted molar refractivity (Wildman–Crippen MR) is 131 cm³/mol. The molecule has 0 spiro atoms. The summed E-state index contributed by atoms with van der Waals surface area (Å²) in [5, 5.41) is 25.7. The molecule has 3 heterocycles. The number of carbonyl (C=O) groups excluding carboxylic acids is 1. The molecule has 2 unspecified atom stereocenters. The molecule has 4 rings (SSSR count). The number of aliphatic carboxylic acids is 1. The minimum Gasteiger partial charge on any atom is -0.483 e. The van der Waals surface area contributed by atoms with Gasteiger partial charge < -0.3 is 30.2 Å². The first-order valence-electron chi connectivity index (χ1n) is 12.0. The minimum absolute atomic E-state index is 0.0157. The Labute approximate surface area is 215 Å². The molecule has 13 nitrogen and oxygen atoms in total. The van der Waals surface area contributed by atoms with Crippen molar-refractivity contribution in [3.8, 4) is 6.57 Å². The number of fused-ring (bicyclic) bond motifs is 1. The largest absolute Gasteiger partial charge is 0.508 e. The number of anilines is 1. The molecule has 13 heteroatoms. The van der Waals surface area contributed by atoms with E-state index >= 15 is 0 Å². The molecule has 2 aromatic heterocycles. The molecule has 0 aromatic carbocycles. The van der Waals surface area contributed by atoms with Gasteiger partial charge in [-0.1, -0.05) is 13.3 Å². The Bertz CT molecular complexity index is 990. The standard InChI is InChI=1S/C17H22N4O4.C5H10O2.CHN.CH2O2/c18-16-14-7-6-13(21(14)20-10-19-16)15-8-5-12(24-15)9-23-17(22)25-11-3-1-2-4-11;1-2-3-4-5(6)7;1-2;2-1-3/h6-7,10-12,15H,1-5,8-9H2,(H2,18,19,20);2-4H2,1H3,(H,6,7);1H;1H,(H,2,3). The molecular formula is C24H35N5O8. The van der Waals surface area contributed by atoms with Crippen LogP contribution in [0.3, 0.4) is 0 Å². The van der Waals surface area contributed by atoms with Crippen LogP contribution in [0.2, 0.25) is 0 Å². The number of nitrogen functional groups attached to an aromatic ring is 1. The summed E-state index contributed by atoms with van der Waals surface area (Å²) in [5.41, 5.74) is 7.55. The van der Waals surface area contributed by atoms with E-state index in [0.717, 1.165) is 62.6 Å². The van der Waals surface area contributed by atoms with Gasteiger partial charge in [-0.05, 0) is 57.1 Å². The van der Waals surface area contributed by atoms with Crippen molar-refractivity contribution in [2.45, 2.75) is 83.0 Å². The molecule has 204 valence electrons. The highest BCUT2D eigenvalue weighted by Crippen LogP contribution is 2.34. The van der Waals surface area contributed by atoms with E-state index in [9.17, 15) is 9.59 Å². The van der Waals surface area contributed by atoms with Crippen molar-refractivity contribution < 1.29 is 38.8 Å². The molecule has 1 saturated heterocycles. The maximum absolute atomic E-state index is 11.7. The molecule has 0 bridgehead atoms. The van der Waals surface area contributed by atoms with Crippen LogP contribution in [-0.4, -0.2) is 62.2 Å². The second-order valence-electron chi connectivity index (χ2n) is 8.21. The van der Waals surface area contributed by atoms with Crippen LogP contribution >= 0.6 is 0 Å². The first-order chi connectivity index (χ1) is 17.9. The van der Waals surface area contributed by atoms with Crippen molar-refractivity contribution in [1.82, 2.24) is 14.6 Å². The summed E-state index contributed by atoms with van der Waals surface area (Å²) < 4.78 is 18.3. The number of carboxylic acids is 1. The van der Waals surface area contributed by atoms with Crippen LogP contribution in [0, 0.1) is 11.8 Å². The van der Waals surface area contributed by atoms with Crippen LogP contribution in [0.25, 0.3) is 5.52 Å². The van der Waals surface area contributed by atoms with Gasteiger partial charge in [-0.15, -0.1) is 0 Å². The topological polar surface area (TPSA) is 199 Å². The lowest BCUT2D eigenvalue weighted by Crippen LogP contribution is -2.22. The van der Waals surface area contributed by atoms with Crippen LogP contribution in [0.1, 0.15) is 76.5 Å². The van der Waals surface area contributed by atoms with Gasteiger partial charge >= 0.3 is 12.1 Å². The number of hydrogen-bond donors (Lipinski definition) is 3. The molecular weight excluding hydrogens is 486 g/mol. The van der Waals surface area contributed by atoms with Gasteiger partial charge in [0.1, 0.15) is 30.7 Å². The number of nitrogens with two attached hydrogens (primary N) is 1. The average molecular weight is 522 g/mol. The summed E-state index contributed by atoms with van der Waals surface area (Å²) in [6, 6.07) is 3.83. The van der Waals surface area contributed by atoms with Crippen LogP contribution in [0.15, 0.2) is 18.5 Å². The van der Waals surface area contributed by atoms with Gasteiger partial charge in [-0.25, -0.2) is 19.6 Å². The van der Waals surface area contributed by atoms with Gasteiger partial charge in [0.15, 0.2) is 5.82 Å². The van der Waals surface area contributed by atoms with Crippen LogP contribution < -0.4 is 5.73 Å². The van der Waals surface area contributed by atoms with E-state index in [4.69, 9.17) is 40.2 Å². The quantitative estimate of drug-likeness (QED) is 0.353. The molecule has 0 radical (unpaired) electrons. The Hall–Kier alpha value is -3.92. The number of nitrogens with zero attached hydrogens (tertiary/aromatic N) is 4. The van der Waals surface area contributed by atoms with E-state index in [1.54, 1.807) is 4.52 Å². The summed E-state index contributed by atoms with van der Waals surface area (Å²) in [7, 11) is 0. The lowest BCUT2D eigenvalue weighted by molar-refractivity contribution is -0.137. The van der Waals surface area contributed by atoms with Crippen molar-refractivity contribution >= 4 is 29.9 Å². The lowest BCUT2D eigenvalue weighted by Gasteiger charge is -2.15. The van der Waals surface area contributed by atoms with Gasteiger partial charge in [0.05, 0.1) is 11.8 Å². The van der Waals surface area contributed by atoms with Crippen molar-refractivity contribution in [2.24, 2.45) is 0 Å². The minimum atomic E-state index is -0.693. The number of hydrogen-bond acceptors (Lipinski definition) is 10. The second-order valence-corrected chi connectivity index (χ2v) is 8.21. The van der Waals surface area contributed by atoms with Crippen LogP contribution in [-0.2, 0) is 23.8 Å². The van der Waals surface area contributed by atoms with E-state index in [2.05, 4.69) is 16.7 Å². The van der Waals surface area contributed by atoms with Gasteiger partial charge in [0.2, 0.25) is 0 Å². The van der Waals surface area contributed by atoms with Gasteiger partial charge in [0.25, 0.3) is 6.47 Å². The number of carbonyl (C=O) groups is 3. The fraction of sp³-hybridized carbons (Fsp3) is 0.583. The summed E-state index contributed by atoms with van der Waals surface area (Å²) in [5.74, 6) is -0.254. The maximum atomic E-state index is 11.7. The number of ether oxygens (including phenoxy) is 3. The molecule has 1 aliphatic heterocycles. The van der Waals surface area contributed by atoms with Gasteiger partial charge in [-0.3, -0.25) is 9.59 Å². The summed E-state index contributed by atoms with van der Waals surface area (Å²) in [4.78, 5) is 33.8. The zero-order valence-electron chi connectivity index (χ0n) is 20.9. The highest BCUT2D eigenvalue weighted by atomic mass is 16.7. The Morgan fingerprint density at radius 1 is 1.27 bits per heavy atom. The average Bonchev–Trinajstić information content (AvgIpc) is 3.65. The lowest BCUT2D eigenvalue weighted by atomic mass is 10.1. The Morgan fingerprint density at radius 3 is 2.54 bits per heavy atom. The molecule has 0 amide bonds. The number of unbranched alkanes of at least 4 members (excludes halogenated alkanes) is 1. The number of rotatable bonds is 7. The van der Waals surface area contributed by atoms with Crippen molar-refractivity contribution in [1.29, 1.82) is 5.26 Å². The van der Waals surface area contributed by atoms with E-state index in [1.807, 2.05) is 19.1 Å². The summed E-state index contributed by atoms with van der Waals surface area (Å²) in [6.07, 6.45) is 8.45. The van der Waals surface area contributed by atoms with Crippen molar-refractivity contribution in [3.63, 3.8) is 0 Å². The second kappa shape index (κ2) is 17.5. The molecule has 2 aromatic rings. The zero-order chi connectivity index (χ0) is 27.6. The van der Waals surface area contributed by atoms with Crippen molar-refractivity contribution in [2.75, 3.05) is 12.3 Å². The van der Waals surface area contributed by atoms with E-state index < -0.39 is 12.1 Å². The van der Waals surface area contributed by atoms with Crippen molar-refractivity contribution in [3.05, 3.63) is 24.2 Å². The van der Waals surface area contributed by atoms with Crippen LogP contribution in [0.5, 0.6) is 0 Å². The molecule has 2 aliphatic rings. The molecule has 1 aliphatic carbocycles. The third-order valence-electron chi connectivity index (χ3n) is 5.64. The smallest absolute Gasteiger partial charge is 0.483 e. The number of nitriles is 1. The highest BCUT2D eigenvalue weighted by Gasteiger charge is 2.30. The third kappa shape index (κ3) is 10.7. The molecule has 37 heavy (non-hydrogen) atoms. The zero-order valence-corrected chi connectivity index (χ0v) is 20.9. The fourth-order valence-electron chi connectivity index (χ4n) is 3.93. The predicted octanol–water partition coefficient (Wildman–Crippen LogP) is 3.73. The fourth-order valence-corrected chi connectivity index (χ4v) is 3.93. The monoisotopic (exact) mass is 521 g/mol. The summed E-state index contributed by atoms with van der Waals surface area (Å²) >= 11 is 0. The molecule has 4 N–H and O–H groups in total. The summed E-state index contributed by atoms with van der Waals surface area (Å²) in [6.45, 7) is 5.44. The van der Waals surface area contributed by atoms with E-state index in [0.29, 0.717) is 12.2 Å². The van der Waals surface area contributed by atoms with Gasteiger partial charge in [0, 0.05) is 13.0 Å². The van der Waals surface area contributed by atoms with Crippen LogP contribution in [0.4, 0.5) is 10.6 Å². The maximum Gasteiger partial charge on any atom is 0.508 e. The highest BCUT2D eigenvalue weighted by molar-refractivity contribution is 5.66. The van der Waals surface area contributed by atoms with E-state index in [1.165, 1.54) is 6.33 Å². The van der Waals surface area contributed by atoms with E-state index in [-0.39, 0.29) is 31.4 Å². The SMILES string of the molecule is C#N.CCCCC(=O)O.Nc1ncnn2c(C3CCC(COC(=O)OC4CCCC4)O3)ccc12.O=CO. The Balaban J connectivity index is 0.000000485. The first-order valence-corrected chi connectivity index (χ1v) is 12.0. The first kappa shape index (κ1) is 31.1. The Morgan fingerprint density at radius 2 is 1.95 bits per heavy atom. The normalized spacial score (nSPS) is 18.2. The molecule has 2 fully saturated rings.